The normalized spacial score (nSPS) is 22.6. The number of halogens is 2. The number of rotatable bonds is 5. The third kappa shape index (κ3) is 4.69. The maximum atomic E-state index is 13.3. The van der Waals surface area contributed by atoms with Crippen LogP contribution in [0.3, 0.4) is 0 Å². The van der Waals surface area contributed by atoms with Gasteiger partial charge < -0.3 is 15.0 Å². The van der Waals surface area contributed by atoms with Crippen LogP contribution in [0.5, 0.6) is 5.75 Å². The van der Waals surface area contributed by atoms with Gasteiger partial charge in [0.15, 0.2) is 0 Å². The van der Waals surface area contributed by atoms with Gasteiger partial charge in [-0.15, -0.1) is 0 Å². The number of likely N-dealkylation sites (tertiary alicyclic amines) is 1. The van der Waals surface area contributed by atoms with E-state index in [1.165, 1.54) is 12.0 Å². The van der Waals surface area contributed by atoms with E-state index in [9.17, 15) is 18.4 Å². The fourth-order valence-electron chi connectivity index (χ4n) is 3.76. The summed E-state index contributed by atoms with van der Waals surface area (Å²) in [5.41, 5.74) is 1.38. The summed E-state index contributed by atoms with van der Waals surface area (Å²) in [4.78, 5) is 25.7. The maximum Gasteiger partial charge on any atom is 0.248 e. The molecule has 1 saturated carbocycles. The number of hydrogen-bond acceptors (Lipinski definition) is 3. The van der Waals surface area contributed by atoms with Crippen molar-refractivity contribution in [3.8, 4) is 5.75 Å². The highest BCUT2D eigenvalue weighted by Gasteiger charge is 2.34. The number of allylic oxidation sites excluding steroid dienone is 1. The average Bonchev–Trinajstić information content (AvgIpc) is 3.00. The highest BCUT2D eigenvalue weighted by Crippen LogP contribution is 2.37. The van der Waals surface area contributed by atoms with Crippen LogP contribution < -0.4 is 10.1 Å². The fraction of sp³-hybridized carbons (Fsp3) is 0.524. The fourth-order valence-corrected chi connectivity index (χ4v) is 3.76. The van der Waals surface area contributed by atoms with Crippen LogP contribution in [0.15, 0.2) is 24.3 Å². The van der Waals surface area contributed by atoms with Crippen LogP contribution in [-0.2, 0) is 9.59 Å². The summed E-state index contributed by atoms with van der Waals surface area (Å²) in [7, 11) is 3.15. The number of ether oxygens (including phenoxy) is 1. The Balaban J connectivity index is 1.69. The molecule has 0 bridgehead atoms. The molecule has 1 aliphatic heterocycles. The standard InChI is InChI=1S/C21H26F2N2O3/c1-25-17(6-8-19(25)26)20(27)24-16-13-15(5-7-18(16)28-2)4-3-14-9-11-21(22,23)12-10-14/h3-5,7,13-14,17H,6,8-12H2,1-2H3,(H,24,27)/b4-3+/t17-/m0/s1. The lowest BCUT2D eigenvalue weighted by Gasteiger charge is -2.26. The summed E-state index contributed by atoms with van der Waals surface area (Å²) >= 11 is 0. The van der Waals surface area contributed by atoms with Crippen molar-refractivity contribution in [3.63, 3.8) is 0 Å². The Hall–Kier alpha value is -2.44. The topological polar surface area (TPSA) is 58.6 Å². The van der Waals surface area contributed by atoms with Crippen molar-refractivity contribution in [2.24, 2.45) is 5.92 Å². The van der Waals surface area contributed by atoms with E-state index >= 15 is 0 Å². The van der Waals surface area contributed by atoms with E-state index in [2.05, 4.69) is 5.32 Å². The molecule has 2 aliphatic rings. The lowest BCUT2D eigenvalue weighted by Crippen LogP contribution is -2.38. The number of benzene rings is 1. The van der Waals surface area contributed by atoms with Crippen molar-refractivity contribution in [2.45, 2.75) is 50.5 Å². The van der Waals surface area contributed by atoms with Crippen molar-refractivity contribution in [1.82, 2.24) is 4.90 Å². The summed E-state index contributed by atoms with van der Waals surface area (Å²) in [6.45, 7) is 0. The van der Waals surface area contributed by atoms with Crippen LogP contribution in [0.25, 0.3) is 6.08 Å². The first kappa shape index (κ1) is 20.3. The number of hydrogen-bond donors (Lipinski definition) is 1. The highest BCUT2D eigenvalue weighted by atomic mass is 19.3. The minimum Gasteiger partial charge on any atom is -0.495 e. The summed E-state index contributed by atoms with van der Waals surface area (Å²) < 4.78 is 31.9. The quantitative estimate of drug-likeness (QED) is 0.821. The first-order valence-electron chi connectivity index (χ1n) is 9.60. The highest BCUT2D eigenvalue weighted by molar-refractivity contribution is 6.00. The summed E-state index contributed by atoms with van der Waals surface area (Å²) in [6.07, 6.45) is 5.54. The number of methoxy groups -OCH3 is 1. The lowest BCUT2D eigenvalue weighted by atomic mass is 9.86. The van der Waals surface area contributed by atoms with Crippen LogP contribution in [-0.4, -0.2) is 42.8 Å². The summed E-state index contributed by atoms with van der Waals surface area (Å²) in [5.74, 6) is -2.16. The van der Waals surface area contributed by atoms with Gasteiger partial charge in [-0.3, -0.25) is 9.59 Å². The predicted octanol–water partition coefficient (Wildman–Crippen LogP) is 4.09. The molecule has 2 amide bonds. The molecule has 0 spiro atoms. The van der Waals surface area contributed by atoms with Gasteiger partial charge in [0.25, 0.3) is 0 Å². The molecule has 1 saturated heterocycles. The Morgan fingerprint density at radius 2 is 2.00 bits per heavy atom. The van der Waals surface area contributed by atoms with E-state index < -0.39 is 12.0 Å². The first-order valence-corrected chi connectivity index (χ1v) is 9.60. The molecule has 152 valence electrons. The molecule has 28 heavy (non-hydrogen) atoms. The number of carbonyl (C=O) groups is 2. The molecule has 1 heterocycles. The first-order chi connectivity index (χ1) is 13.3. The second-order valence-corrected chi connectivity index (χ2v) is 7.56. The Labute approximate surface area is 163 Å². The lowest BCUT2D eigenvalue weighted by molar-refractivity contribution is -0.131. The van der Waals surface area contributed by atoms with Gasteiger partial charge in [0.1, 0.15) is 11.8 Å². The number of anilines is 1. The van der Waals surface area contributed by atoms with Gasteiger partial charge in [-0.25, -0.2) is 8.78 Å². The zero-order valence-corrected chi connectivity index (χ0v) is 16.2. The molecule has 7 heteroatoms. The summed E-state index contributed by atoms with van der Waals surface area (Å²) in [5, 5.41) is 2.85. The third-order valence-electron chi connectivity index (χ3n) is 5.60. The third-order valence-corrected chi connectivity index (χ3v) is 5.60. The molecule has 1 atom stereocenters. The Morgan fingerprint density at radius 1 is 1.29 bits per heavy atom. The Morgan fingerprint density at radius 3 is 2.61 bits per heavy atom. The van der Waals surface area contributed by atoms with E-state index in [1.54, 1.807) is 19.2 Å². The number of nitrogens with zero attached hydrogens (tertiary/aromatic N) is 1. The molecule has 0 radical (unpaired) electrons. The Kier molecular flexibility index (Phi) is 6.01. The van der Waals surface area contributed by atoms with Gasteiger partial charge in [-0.1, -0.05) is 18.2 Å². The van der Waals surface area contributed by atoms with Gasteiger partial charge in [0.2, 0.25) is 17.7 Å². The second-order valence-electron chi connectivity index (χ2n) is 7.56. The molecule has 0 aromatic heterocycles. The molecular weight excluding hydrogens is 366 g/mol. The van der Waals surface area contributed by atoms with Crippen LogP contribution >= 0.6 is 0 Å². The molecule has 2 fully saturated rings. The Bertz CT molecular complexity index is 769. The van der Waals surface area contributed by atoms with Crippen LogP contribution in [0.1, 0.15) is 44.1 Å². The molecule has 3 rings (SSSR count). The van der Waals surface area contributed by atoms with E-state index in [0.29, 0.717) is 37.1 Å². The van der Waals surface area contributed by atoms with Gasteiger partial charge in [-0.05, 0) is 42.9 Å². The van der Waals surface area contributed by atoms with Gasteiger partial charge >= 0.3 is 0 Å². The van der Waals surface area contributed by atoms with Crippen LogP contribution in [0.4, 0.5) is 14.5 Å². The average molecular weight is 392 g/mol. The van der Waals surface area contributed by atoms with Crippen LogP contribution in [0, 0.1) is 5.92 Å². The van der Waals surface area contributed by atoms with Gasteiger partial charge in [-0.2, -0.15) is 0 Å². The van der Waals surface area contributed by atoms with E-state index in [1.807, 2.05) is 18.2 Å². The number of alkyl halides is 2. The number of amides is 2. The van der Waals surface area contributed by atoms with Crippen molar-refractivity contribution in [3.05, 3.63) is 29.8 Å². The minimum absolute atomic E-state index is 0.0399. The zero-order chi connectivity index (χ0) is 20.3. The SMILES string of the molecule is COc1ccc(/C=C/C2CCC(F)(F)CC2)cc1NC(=O)[C@@H]1CCC(=O)N1C. The molecule has 1 aromatic rings. The van der Waals surface area contributed by atoms with E-state index in [0.717, 1.165) is 5.56 Å². The molecule has 0 unspecified atom stereocenters. The van der Waals surface area contributed by atoms with E-state index in [-0.39, 0.29) is 30.6 Å². The smallest absolute Gasteiger partial charge is 0.248 e. The van der Waals surface area contributed by atoms with Crippen LogP contribution in [0.2, 0.25) is 0 Å². The van der Waals surface area contributed by atoms with E-state index in [4.69, 9.17) is 4.74 Å². The molecule has 1 aromatic carbocycles. The molecular formula is C21H26F2N2O3. The van der Waals surface area contributed by atoms with Gasteiger partial charge in [0.05, 0.1) is 12.8 Å². The number of likely N-dealkylation sites (N-methyl/N-ethyl adjacent to an activating group) is 1. The molecule has 5 nitrogen and oxygen atoms in total. The summed E-state index contributed by atoms with van der Waals surface area (Å²) in [6, 6.07) is 4.92. The van der Waals surface area contributed by atoms with Crippen molar-refractivity contribution in [2.75, 3.05) is 19.5 Å². The minimum atomic E-state index is -2.53. The van der Waals surface area contributed by atoms with Crippen molar-refractivity contribution in [1.29, 1.82) is 0 Å². The second kappa shape index (κ2) is 8.29. The van der Waals surface area contributed by atoms with Crippen molar-refractivity contribution < 1.29 is 23.1 Å². The molecule has 1 aliphatic carbocycles. The maximum absolute atomic E-state index is 13.3. The predicted molar refractivity (Wildman–Crippen MR) is 103 cm³/mol. The number of nitrogens with one attached hydrogen (secondary N) is 1. The largest absolute Gasteiger partial charge is 0.495 e. The number of carbonyl (C=O) groups excluding carboxylic acids is 2. The monoisotopic (exact) mass is 392 g/mol. The molecule has 1 N–H and O–H groups in total. The zero-order valence-electron chi connectivity index (χ0n) is 16.2. The van der Waals surface area contributed by atoms with Crippen molar-refractivity contribution >= 4 is 23.6 Å². The van der Waals surface area contributed by atoms with Gasteiger partial charge in [0, 0.05) is 26.3 Å².